The van der Waals surface area contributed by atoms with Gasteiger partial charge >= 0.3 is 6.09 Å². The number of nitrogens with one attached hydrogen (secondary N) is 2. The third-order valence-corrected chi connectivity index (χ3v) is 14.0. The second-order valence-corrected chi connectivity index (χ2v) is 25.5. The van der Waals surface area contributed by atoms with Crippen LogP contribution in [0.1, 0.15) is 62.2 Å². The van der Waals surface area contributed by atoms with E-state index in [1.807, 2.05) is 45.9 Å². The molecule has 13 nitrogen and oxygen atoms in total. The third-order valence-electron chi connectivity index (χ3n) is 12.2. The van der Waals surface area contributed by atoms with E-state index < -0.39 is 25.3 Å². The maximum absolute atomic E-state index is 15.9. The van der Waals surface area contributed by atoms with Crippen molar-refractivity contribution < 1.29 is 56.3 Å². The van der Waals surface area contributed by atoms with Gasteiger partial charge in [0.2, 0.25) is 0 Å². The first-order valence-electron chi connectivity index (χ1n) is 22.2. The Morgan fingerprint density at radius 1 is 0.984 bits per heavy atom. The number of quaternary nitrogens is 1. The van der Waals surface area contributed by atoms with Gasteiger partial charge in [0.25, 0.3) is 5.91 Å². The summed E-state index contributed by atoms with van der Waals surface area (Å²) in [6.45, 7) is 22.4. The van der Waals surface area contributed by atoms with Crippen LogP contribution >= 0.6 is 0 Å². The predicted molar refractivity (Wildman–Crippen MR) is 245 cm³/mol. The Bertz CT molecular complexity index is 2450. The topological polar surface area (TPSA) is 128 Å². The third kappa shape index (κ3) is 11.7. The van der Waals surface area contributed by atoms with Gasteiger partial charge in [0.1, 0.15) is 12.3 Å². The molecule has 0 bridgehead atoms. The number of likely N-dealkylation sites (tertiary alicyclic amines) is 2. The van der Waals surface area contributed by atoms with E-state index in [2.05, 4.69) is 52.4 Å². The van der Waals surface area contributed by atoms with Crippen molar-refractivity contribution in [3.63, 3.8) is 0 Å². The number of carbonyl (C=O) groups is 2. The van der Waals surface area contributed by atoms with Crippen LogP contribution in [0.4, 0.5) is 25.1 Å². The molecule has 0 unspecified atom stereocenters. The van der Waals surface area contributed by atoms with Gasteiger partial charge in [-0.2, -0.15) is 5.10 Å². The van der Waals surface area contributed by atoms with Crippen molar-refractivity contribution in [2.24, 2.45) is 11.8 Å². The second kappa shape index (κ2) is 20.0. The van der Waals surface area contributed by atoms with Gasteiger partial charge < -0.3 is 53.5 Å². The molecule has 5 aromatic rings. The lowest BCUT2D eigenvalue weighted by molar-refractivity contribution is -0.918. The number of ether oxygens (including phenoxy) is 2. The molecule has 2 saturated heterocycles. The van der Waals surface area contributed by atoms with Gasteiger partial charge in [0.15, 0.2) is 23.1 Å². The van der Waals surface area contributed by atoms with Crippen LogP contribution in [0.2, 0.25) is 25.7 Å². The van der Waals surface area contributed by atoms with Crippen molar-refractivity contribution in [2.45, 2.75) is 91.9 Å². The van der Waals surface area contributed by atoms with Gasteiger partial charge in [-0.25, -0.2) is 28.2 Å². The summed E-state index contributed by atoms with van der Waals surface area (Å²) in [6.07, 6.45) is 8.92. The zero-order valence-corrected chi connectivity index (χ0v) is 41.9. The molecular weight excluding hydrogens is 948 g/mol. The van der Waals surface area contributed by atoms with Crippen LogP contribution < -0.4 is 34.6 Å². The van der Waals surface area contributed by atoms with E-state index >= 15 is 8.78 Å². The molecule has 0 aliphatic carbocycles. The number of imidazole rings is 1. The molecule has 2 aromatic carbocycles. The molecule has 0 spiro atoms. The summed E-state index contributed by atoms with van der Waals surface area (Å²) in [5.41, 5.74) is 3.80. The van der Waals surface area contributed by atoms with E-state index in [1.54, 1.807) is 51.6 Å². The number of fused-ring (bicyclic) bond motifs is 1. The van der Waals surface area contributed by atoms with E-state index in [0.717, 1.165) is 67.3 Å². The summed E-state index contributed by atoms with van der Waals surface area (Å²) >= 11 is 0. The molecule has 64 heavy (non-hydrogen) atoms. The Labute approximate surface area is 393 Å². The minimum absolute atomic E-state index is 0. The van der Waals surface area contributed by atoms with E-state index in [1.165, 1.54) is 6.20 Å². The SMILES string of the molecule is CCc1cc(Nc2nccn3c(-c4ccc(-c5cn(COCC[Si](C)(C)C)nc5C)c(F)c4F)cnc23)ccc1C(=O)NCC1CC[N+](C)(CC2CN(C(=O)OC(C)(C)C)C2)CC1.[I-]. The Morgan fingerprint density at radius 3 is 2.38 bits per heavy atom. The van der Waals surface area contributed by atoms with Crippen molar-refractivity contribution in [1.29, 1.82) is 0 Å². The summed E-state index contributed by atoms with van der Waals surface area (Å²) in [4.78, 5) is 36.8. The molecule has 3 aromatic heterocycles. The molecule has 346 valence electrons. The maximum atomic E-state index is 15.9. The zero-order chi connectivity index (χ0) is 45.3. The number of nitrogens with zero attached hydrogens (tertiary/aromatic N) is 7. The molecule has 2 aliphatic rings. The molecule has 5 heterocycles. The van der Waals surface area contributed by atoms with Gasteiger partial charge in [-0.1, -0.05) is 32.6 Å². The van der Waals surface area contributed by atoms with Crippen molar-refractivity contribution in [1.82, 2.24) is 34.4 Å². The van der Waals surface area contributed by atoms with Crippen LogP contribution in [0.25, 0.3) is 28.0 Å². The summed E-state index contributed by atoms with van der Waals surface area (Å²) in [5, 5.41) is 11.0. The van der Waals surface area contributed by atoms with Crippen molar-refractivity contribution in [3.8, 4) is 22.4 Å². The molecule has 2 aliphatic heterocycles. The minimum atomic E-state index is -1.24. The lowest BCUT2D eigenvalue weighted by atomic mass is 9.92. The highest BCUT2D eigenvalue weighted by Gasteiger charge is 2.40. The summed E-state index contributed by atoms with van der Waals surface area (Å²) < 4.78 is 47.4. The first-order chi connectivity index (χ1) is 29.8. The number of benzene rings is 2. The molecule has 2 amide bonds. The van der Waals surface area contributed by atoms with E-state index in [-0.39, 0.29) is 53.8 Å². The average Bonchev–Trinajstić information content (AvgIpc) is 3.81. The summed E-state index contributed by atoms with van der Waals surface area (Å²) in [7, 11) is 1.07. The van der Waals surface area contributed by atoms with Crippen LogP contribution in [-0.2, 0) is 22.6 Å². The smallest absolute Gasteiger partial charge is 0.410 e. The molecular formula is C47H64F2IN9O4Si. The quantitative estimate of drug-likeness (QED) is 0.0573. The van der Waals surface area contributed by atoms with Crippen LogP contribution in [0.15, 0.2) is 55.1 Å². The zero-order valence-electron chi connectivity index (χ0n) is 38.7. The van der Waals surface area contributed by atoms with Crippen molar-refractivity contribution in [3.05, 3.63) is 83.6 Å². The maximum Gasteiger partial charge on any atom is 0.410 e. The van der Waals surface area contributed by atoms with Crippen molar-refractivity contribution >= 4 is 37.2 Å². The predicted octanol–water partition coefficient (Wildman–Crippen LogP) is 5.92. The molecule has 0 atom stereocenters. The van der Waals surface area contributed by atoms with Crippen LogP contribution in [0.5, 0.6) is 0 Å². The number of aryl methyl sites for hydroxylation is 2. The number of rotatable bonds is 15. The van der Waals surface area contributed by atoms with Crippen LogP contribution in [0.3, 0.4) is 0 Å². The molecule has 2 fully saturated rings. The highest BCUT2D eigenvalue weighted by Crippen LogP contribution is 2.34. The molecule has 17 heteroatoms. The number of hydrogen-bond acceptors (Lipinski definition) is 8. The Kier molecular flexibility index (Phi) is 15.3. The Morgan fingerprint density at radius 2 is 1.69 bits per heavy atom. The fraction of sp³-hybridized carbons (Fsp3) is 0.511. The molecule has 2 N–H and O–H groups in total. The van der Waals surface area contributed by atoms with Crippen LogP contribution in [-0.4, -0.2) is 112 Å². The molecule has 0 saturated carbocycles. The molecule has 0 radical (unpaired) electrons. The van der Waals surface area contributed by atoms with Gasteiger partial charge in [-0.15, -0.1) is 0 Å². The lowest BCUT2D eigenvalue weighted by Crippen LogP contribution is -3.00. The lowest BCUT2D eigenvalue weighted by Gasteiger charge is -2.47. The second-order valence-electron chi connectivity index (χ2n) is 19.9. The van der Waals surface area contributed by atoms with E-state index in [9.17, 15) is 9.59 Å². The number of aromatic nitrogens is 5. The van der Waals surface area contributed by atoms with Crippen LogP contribution in [0, 0.1) is 30.4 Å². The fourth-order valence-electron chi connectivity index (χ4n) is 8.62. The standard InChI is InChI=1S/C47H63F2N9O4Si.HI/c1-10-34-23-35(11-12-36(34)45(59)52-24-32-15-19-58(6,20-16-32)29-33-26-55(27-33)46(60)62-47(3,4)5)53-43-44-51-25-40(57(44)18-17-50-43)38-14-13-37(41(48)42(38)49)39-28-56(54-31(39)2)30-61-21-22-63(7,8)9;/h11-14,17-18,23,25,28,32-33H,10,15-16,19-22,24,26-27,29-30H2,1-9H3,(H-,50,52,53,59);1H. The van der Waals surface area contributed by atoms with Gasteiger partial charge in [0.05, 0.1) is 44.3 Å². The van der Waals surface area contributed by atoms with E-state index in [0.29, 0.717) is 65.4 Å². The van der Waals surface area contributed by atoms with Gasteiger partial charge in [0, 0.05) is 99.6 Å². The number of amides is 2. The highest BCUT2D eigenvalue weighted by molar-refractivity contribution is 6.76. The highest BCUT2D eigenvalue weighted by atomic mass is 127. The molecule has 7 rings (SSSR count). The summed E-state index contributed by atoms with van der Waals surface area (Å²) in [6, 6.07) is 9.77. The van der Waals surface area contributed by atoms with Gasteiger partial charge in [-0.3, -0.25) is 9.20 Å². The van der Waals surface area contributed by atoms with Gasteiger partial charge in [-0.05, 0) is 75.9 Å². The number of halogens is 3. The number of hydrogen-bond donors (Lipinski definition) is 2. The Hall–Kier alpha value is -4.46. The average molecular weight is 1010 g/mol. The normalized spacial score (nSPS) is 18.1. The Balaban J connectivity index is 0.00000680. The first kappa shape index (κ1) is 49.0. The largest absolute Gasteiger partial charge is 1.00 e. The number of piperidine rings is 1. The number of carbonyl (C=O) groups excluding carboxylic acids is 2. The minimum Gasteiger partial charge on any atom is -1.00 e. The summed E-state index contributed by atoms with van der Waals surface area (Å²) in [5.74, 6) is -0.738. The van der Waals surface area contributed by atoms with E-state index in [4.69, 9.17) is 9.47 Å². The first-order valence-corrected chi connectivity index (χ1v) is 25.9. The number of anilines is 2. The fourth-order valence-corrected chi connectivity index (χ4v) is 9.37. The monoisotopic (exact) mass is 1010 g/mol. The van der Waals surface area contributed by atoms with Crippen molar-refractivity contribution in [2.75, 3.05) is 58.2 Å².